The number of primary amides is 1. The minimum atomic E-state index is -1.37. The summed E-state index contributed by atoms with van der Waals surface area (Å²) < 4.78 is 10.1. The monoisotopic (exact) mass is 718 g/mol. The number of carbonyl (C=O) groups is 6. The molecule has 1 aromatic rings. The van der Waals surface area contributed by atoms with Crippen molar-refractivity contribution in [2.45, 2.75) is 122 Å². The van der Waals surface area contributed by atoms with E-state index in [1.165, 1.54) is 7.11 Å². The summed E-state index contributed by atoms with van der Waals surface area (Å²) in [7, 11) is 1.25. The van der Waals surface area contributed by atoms with E-state index in [1.807, 2.05) is 44.2 Å². The summed E-state index contributed by atoms with van der Waals surface area (Å²) in [5, 5.41) is 22.4. The van der Waals surface area contributed by atoms with Crippen molar-refractivity contribution in [1.29, 1.82) is 0 Å². The number of esters is 1. The average molecular weight is 719 g/mol. The van der Waals surface area contributed by atoms with Crippen LogP contribution in [-0.2, 0) is 39.9 Å². The van der Waals surface area contributed by atoms with Gasteiger partial charge < -0.3 is 41.6 Å². The summed E-state index contributed by atoms with van der Waals surface area (Å²) in [6, 6.07) is 4.40. The number of alkyl carbamates (subject to hydrolysis) is 1. The van der Waals surface area contributed by atoms with Gasteiger partial charge in [0.05, 0.1) is 31.7 Å². The SMILES string of the molecule is COC(=O)[C@@H](NC(=O)[C@H](CC(C)C)NC(=O)[C@@H]1CCCN1C[C@H](O)[C@H](Cc1ccccc1)NC(=O)[C@H](CC(N)=O)NC(=O)OC(C)(C)C)C(C)C. The number of benzene rings is 1. The highest BCUT2D eigenvalue weighted by molar-refractivity contribution is 5.92. The number of aliphatic hydroxyl groups is 1. The number of nitrogens with two attached hydrogens (primary N) is 1. The van der Waals surface area contributed by atoms with Gasteiger partial charge >= 0.3 is 12.1 Å². The Labute approximate surface area is 301 Å². The highest BCUT2D eigenvalue weighted by Gasteiger charge is 2.37. The van der Waals surface area contributed by atoms with Gasteiger partial charge in [0, 0.05) is 6.54 Å². The minimum absolute atomic E-state index is 0.00530. The van der Waals surface area contributed by atoms with Gasteiger partial charge in [-0.1, -0.05) is 58.0 Å². The van der Waals surface area contributed by atoms with Crippen molar-refractivity contribution in [3.8, 4) is 0 Å². The fraction of sp³-hybridized carbons (Fsp3) is 0.667. The lowest BCUT2D eigenvalue weighted by molar-refractivity contribution is -0.146. The summed E-state index contributed by atoms with van der Waals surface area (Å²) in [5.41, 5.74) is 5.33. The fourth-order valence-electron chi connectivity index (χ4n) is 5.85. The van der Waals surface area contributed by atoms with E-state index in [2.05, 4.69) is 21.3 Å². The summed E-state index contributed by atoms with van der Waals surface area (Å²) >= 11 is 0. The van der Waals surface area contributed by atoms with Crippen molar-refractivity contribution in [3.63, 3.8) is 0 Å². The maximum Gasteiger partial charge on any atom is 0.408 e. The predicted octanol–water partition coefficient (Wildman–Crippen LogP) is 1.15. The number of aliphatic hydroxyl groups excluding tert-OH is 1. The summed E-state index contributed by atoms with van der Waals surface area (Å²) in [6.45, 7) is 12.8. The molecule has 0 radical (unpaired) electrons. The van der Waals surface area contributed by atoms with Crippen LogP contribution in [0.5, 0.6) is 0 Å². The number of ether oxygens (including phenoxy) is 2. The normalized spacial score (nSPS) is 17.8. The fourth-order valence-corrected chi connectivity index (χ4v) is 5.85. The molecule has 6 atom stereocenters. The van der Waals surface area contributed by atoms with Crippen molar-refractivity contribution >= 4 is 35.7 Å². The molecular formula is C36H58N6O9. The molecule has 0 unspecified atom stereocenters. The molecule has 0 bridgehead atoms. The van der Waals surface area contributed by atoms with Crippen molar-refractivity contribution in [3.05, 3.63) is 35.9 Å². The van der Waals surface area contributed by atoms with Crippen LogP contribution in [0.4, 0.5) is 4.79 Å². The second-order valence-corrected chi connectivity index (χ2v) is 14.8. The van der Waals surface area contributed by atoms with Crippen LogP contribution in [0.3, 0.4) is 0 Å². The number of methoxy groups -OCH3 is 1. The maximum atomic E-state index is 13.7. The molecule has 5 amide bonds. The Hall–Kier alpha value is -4.24. The summed E-state index contributed by atoms with van der Waals surface area (Å²) in [4.78, 5) is 79.0. The number of hydrogen-bond acceptors (Lipinski definition) is 10. The van der Waals surface area contributed by atoms with Crippen molar-refractivity contribution in [2.75, 3.05) is 20.2 Å². The molecule has 1 fully saturated rings. The van der Waals surface area contributed by atoms with Gasteiger partial charge in [-0.15, -0.1) is 0 Å². The second-order valence-electron chi connectivity index (χ2n) is 14.8. The highest BCUT2D eigenvalue weighted by atomic mass is 16.6. The van der Waals surface area contributed by atoms with Crippen LogP contribution in [0.1, 0.15) is 79.7 Å². The number of β-amino-alcohol motifs (C(OH)–C–C–N with tert-alkyl or cyclic N) is 1. The third kappa shape index (κ3) is 14.9. The van der Waals surface area contributed by atoms with E-state index in [0.29, 0.717) is 25.8 Å². The molecule has 0 aliphatic carbocycles. The Kier molecular flexibility index (Phi) is 16.8. The molecule has 1 aromatic carbocycles. The first kappa shape index (κ1) is 42.9. The Morgan fingerprint density at radius 3 is 2.12 bits per heavy atom. The number of nitrogens with one attached hydrogen (secondary N) is 4. The average Bonchev–Trinajstić information content (AvgIpc) is 3.49. The number of amides is 5. The quantitative estimate of drug-likeness (QED) is 0.119. The molecule has 1 heterocycles. The molecule has 2 rings (SSSR count). The third-order valence-corrected chi connectivity index (χ3v) is 8.35. The molecule has 51 heavy (non-hydrogen) atoms. The standard InChI is InChI=1S/C36H58N6O9/c1-21(2)17-25(32(46)41-30(22(3)4)34(48)50-8)39-33(47)27-15-12-16-42(27)20-28(43)24(18-23-13-10-9-11-14-23)38-31(45)26(19-29(37)44)40-35(49)51-36(5,6)7/h9-11,13-14,21-22,24-28,30,43H,12,15-20H2,1-8H3,(H2,37,44)(H,38,45)(H,39,47)(H,40,49)(H,41,46)/t24-,25-,26-,27-,28-,30-/m0/s1. The minimum Gasteiger partial charge on any atom is -0.467 e. The Morgan fingerprint density at radius 2 is 1.57 bits per heavy atom. The van der Waals surface area contributed by atoms with Gasteiger partial charge in [0.2, 0.25) is 23.6 Å². The van der Waals surface area contributed by atoms with Crippen molar-refractivity contribution < 1.29 is 43.3 Å². The first-order chi connectivity index (χ1) is 23.8. The molecule has 7 N–H and O–H groups in total. The van der Waals surface area contributed by atoms with E-state index in [9.17, 15) is 33.9 Å². The Bertz CT molecular complexity index is 1330. The molecular weight excluding hydrogens is 660 g/mol. The molecule has 15 heteroatoms. The molecule has 0 saturated carbocycles. The van der Waals surface area contributed by atoms with Crippen LogP contribution in [0, 0.1) is 11.8 Å². The summed E-state index contributed by atoms with van der Waals surface area (Å²) in [6.07, 6.45) is -0.961. The van der Waals surface area contributed by atoms with Crippen molar-refractivity contribution in [2.24, 2.45) is 17.6 Å². The van der Waals surface area contributed by atoms with E-state index >= 15 is 0 Å². The van der Waals surface area contributed by atoms with Crippen LogP contribution in [0.25, 0.3) is 0 Å². The zero-order chi connectivity index (χ0) is 38.5. The lowest BCUT2D eigenvalue weighted by Gasteiger charge is -2.32. The Morgan fingerprint density at radius 1 is 0.941 bits per heavy atom. The number of rotatable bonds is 18. The Balaban J connectivity index is 2.25. The van der Waals surface area contributed by atoms with Crippen LogP contribution < -0.4 is 27.0 Å². The first-order valence-electron chi connectivity index (χ1n) is 17.5. The molecule has 0 aromatic heterocycles. The number of nitrogens with zero attached hydrogens (tertiary/aromatic N) is 1. The zero-order valence-electron chi connectivity index (χ0n) is 31.2. The molecule has 1 saturated heterocycles. The summed E-state index contributed by atoms with van der Waals surface area (Å²) in [5.74, 6) is -3.25. The molecule has 15 nitrogen and oxygen atoms in total. The number of likely N-dealkylation sites (tertiary alicyclic amines) is 1. The van der Waals surface area contributed by atoms with Crippen molar-refractivity contribution in [1.82, 2.24) is 26.2 Å². The molecule has 1 aliphatic rings. The molecule has 1 aliphatic heterocycles. The van der Waals surface area contributed by atoms with E-state index in [-0.39, 0.29) is 24.8 Å². The second kappa shape index (κ2) is 20.0. The largest absolute Gasteiger partial charge is 0.467 e. The van der Waals surface area contributed by atoms with Gasteiger partial charge in [-0.25, -0.2) is 9.59 Å². The van der Waals surface area contributed by atoms with E-state index in [1.54, 1.807) is 39.5 Å². The van der Waals surface area contributed by atoms with Crippen LogP contribution in [0.15, 0.2) is 30.3 Å². The number of hydrogen-bond donors (Lipinski definition) is 6. The predicted molar refractivity (Wildman–Crippen MR) is 190 cm³/mol. The van der Waals surface area contributed by atoms with E-state index in [0.717, 1.165) is 5.56 Å². The maximum absolute atomic E-state index is 13.7. The zero-order valence-corrected chi connectivity index (χ0v) is 31.2. The van der Waals surface area contributed by atoms with E-state index in [4.69, 9.17) is 15.2 Å². The topological polar surface area (TPSA) is 218 Å². The first-order valence-corrected chi connectivity index (χ1v) is 17.5. The van der Waals surface area contributed by atoms with Gasteiger partial charge in [0.25, 0.3) is 0 Å². The molecule has 286 valence electrons. The lowest BCUT2D eigenvalue weighted by atomic mass is 9.99. The van der Waals surface area contributed by atoms with Gasteiger partial charge in [0.15, 0.2) is 0 Å². The number of carbonyl (C=O) groups excluding carboxylic acids is 6. The van der Waals surface area contributed by atoms with Gasteiger partial charge in [0.1, 0.15) is 23.7 Å². The van der Waals surface area contributed by atoms with Gasteiger partial charge in [-0.2, -0.15) is 0 Å². The van der Waals surface area contributed by atoms with Crippen LogP contribution in [0.2, 0.25) is 0 Å². The highest BCUT2D eigenvalue weighted by Crippen LogP contribution is 2.20. The van der Waals surface area contributed by atoms with E-state index < -0.39 is 84.0 Å². The van der Waals surface area contributed by atoms with Crippen LogP contribution in [-0.4, -0.2) is 108 Å². The van der Waals surface area contributed by atoms with Crippen LogP contribution >= 0.6 is 0 Å². The molecule has 0 spiro atoms. The lowest BCUT2D eigenvalue weighted by Crippen LogP contribution is -2.58. The van der Waals surface area contributed by atoms with Gasteiger partial charge in [-0.05, 0) is 70.4 Å². The van der Waals surface area contributed by atoms with Gasteiger partial charge in [-0.3, -0.25) is 24.1 Å². The third-order valence-electron chi connectivity index (χ3n) is 8.35. The smallest absolute Gasteiger partial charge is 0.408 e.